The maximum Gasteiger partial charge on any atom is 0.259 e. The van der Waals surface area contributed by atoms with Crippen LogP contribution in [0.25, 0.3) is 22.8 Å². The molecule has 1 aliphatic heterocycles. The maximum atomic E-state index is 5.45. The highest BCUT2D eigenvalue weighted by atomic mass is 16.5. The minimum Gasteiger partial charge on any atom is -0.353 e. The van der Waals surface area contributed by atoms with Crippen molar-refractivity contribution in [2.45, 2.75) is 6.92 Å². The molecule has 5 rings (SSSR count). The molecular weight excluding hydrogens is 378 g/mol. The molecule has 0 spiro atoms. The zero-order valence-electron chi connectivity index (χ0n) is 16.6. The Morgan fingerprint density at radius 2 is 1.50 bits per heavy atom. The van der Waals surface area contributed by atoms with Crippen molar-refractivity contribution in [2.24, 2.45) is 0 Å². The van der Waals surface area contributed by atoms with Crippen LogP contribution in [0.15, 0.2) is 65.6 Å². The van der Waals surface area contributed by atoms with Gasteiger partial charge < -0.3 is 14.3 Å². The van der Waals surface area contributed by atoms with Crippen molar-refractivity contribution in [3.63, 3.8) is 0 Å². The number of benzene rings is 1. The van der Waals surface area contributed by atoms with Crippen molar-refractivity contribution in [3.8, 4) is 22.8 Å². The number of hydrogen-bond acceptors (Lipinski definition) is 8. The summed E-state index contributed by atoms with van der Waals surface area (Å²) in [5.74, 6) is 2.76. The number of anilines is 2. The summed E-state index contributed by atoms with van der Waals surface area (Å²) in [4.78, 5) is 22.2. The van der Waals surface area contributed by atoms with Crippen molar-refractivity contribution in [1.82, 2.24) is 25.1 Å². The van der Waals surface area contributed by atoms with Gasteiger partial charge >= 0.3 is 0 Å². The van der Waals surface area contributed by atoms with Gasteiger partial charge in [-0.1, -0.05) is 35.0 Å². The lowest BCUT2D eigenvalue weighted by molar-refractivity contribution is 0.432. The smallest absolute Gasteiger partial charge is 0.259 e. The first kappa shape index (κ1) is 18.2. The molecule has 30 heavy (non-hydrogen) atoms. The normalized spacial score (nSPS) is 14.2. The minimum atomic E-state index is 0.468. The predicted octanol–water partition coefficient (Wildman–Crippen LogP) is 3.22. The molecule has 0 aliphatic carbocycles. The van der Waals surface area contributed by atoms with Gasteiger partial charge in [0.1, 0.15) is 5.82 Å². The van der Waals surface area contributed by atoms with Crippen LogP contribution < -0.4 is 9.80 Å². The van der Waals surface area contributed by atoms with E-state index in [9.17, 15) is 0 Å². The van der Waals surface area contributed by atoms with Crippen molar-refractivity contribution in [2.75, 3.05) is 36.0 Å². The quantitative estimate of drug-likeness (QED) is 0.517. The third kappa shape index (κ3) is 3.71. The molecule has 150 valence electrons. The molecule has 0 unspecified atom stereocenters. The van der Waals surface area contributed by atoms with Gasteiger partial charge in [0.15, 0.2) is 0 Å². The number of hydrogen-bond donors (Lipinski definition) is 0. The molecule has 8 heteroatoms. The Balaban J connectivity index is 1.26. The molecule has 0 N–H and O–H groups in total. The molecule has 4 heterocycles. The summed E-state index contributed by atoms with van der Waals surface area (Å²) < 4.78 is 5.45. The lowest BCUT2D eigenvalue weighted by Crippen LogP contribution is -2.47. The van der Waals surface area contributed by atoms with Crippen LogP contribution in [0.1, 0.15) is 5.56 Å². The third-order valence-electron chi connectivity index (χ3n) is 5.17. The van der Waals surface area contributed by atoms with Crippen LogP contribution in [0.5, 0.6) is 0 Å². The van der Waals surface area contributed by atoms with E-state index in [4.69, 9.17) is 4.52 Å². The van der Waals surface area contributed by atoms with Gasteiger partial charge in [-0.3, -0.25) is 0 Å². The monoisotopic (exact) mass is 399 g/mol. The summed E-state index contributed by atoms with van der Waals surface area (Å²) in [5, 5.41) is 4.10. The topological polar surface area (TPSA) is 84.1 Å². The Bertz CT molecular complexity index is 1100. The SMILES string of the molecule is Cc1ccc(-c2noc(-c3ccc(N4CCN(c5ncccn5)CC4)nc3)n2)cc1. The van der Waals surface area contributed by atoms with Gasteiger partial charge in [-0.25, -0.2) is 15.0 Å². The van der Waals surface area contributed by atoms with E-state index in [0.717, 1.165) is 49.1 Å². The largest absolute Gasteiger partial charge is 0.353 e. The van der Waals surface area contributed by atoms with E-state index in [1.54, 1.807) is 18.6 Å². The molecule has 0 amide bonds. The van der Waals surface area contributed by atoms with E-state index in [2.05, 4.69) is 34.9 Å². The number of rotatable bonds is 4. The highest BCUT2D eigenvalue weighted by Gasteiger charge is 2.20. The second kappa shape index (κ2) is 7.90. The fourth-order valence-corrected chi connectivity index (χ4v) is 3.45. The Morgan fingerprint density at radius 3 is 2.20 bits per heavy atom. The van der Waals surface area contributed by atoms with E-state index in [-0.39, 0.29) is 0 Å². The molecule has 8 nitrogen and oxygen atoms in total. The zero-order valence-corrected chi connectivity index (χ0v) is 16.6. The molecule has 0 saturated carbocycles. The molecule has 0 atom stereocenters. The van der Waals surface area contributed by atoms with Gasteiger partial charge in [0.25, 0.3) is 5.89 Å². The molecule has 1 aliphatic rings. The Hall–Kier alpha value is -3.81. The number of aryl methyl sites for hydroxylation is 1. The van der Waals surface area contributed by atoms with Crippen LogP contribution in [-0.2, 0) is 0 Å². The van der Waals surface area contributed by atoms with Crippen LogP contribution in [0.3, 0.4) is 0 Å². The van der Waals surface area contributed by atoms with Gasteiger partial charge in [0.05, 0.1) is 5.56 Å². The van der Waals surface area contributed by atoms with Gasteiger partial charge in [-0.2, -0.15) is 4.98 Å². The van der Waals surface area contributed by atoms with Crippen molar-refractivity contribution >= 4 is 11.8 Å². The highest BCUT2D eigenvalue weighted by molar-refractivity contribution is 5.60. The fraction of sp³-hybridized carbons (Fsp3) is 0.227. The Labute approximate surface area is 174 Å². The van der Waals surface area contributed by atoms with Crippen molar-refractivity contribution in [3.05, 3.63) is 66.6 Å². The Kier molecular flexibility index (Phi) is 4.80. The average Bonchev–Trinajstić information content (AvgIpc) is 3.31. The van der Waals surface area contributed by atoms with E-state index in [0.29, 0.717) is 11.7 Å². The first-order valence-electron chi connectivity index (χ1n) is 9.90. The van der Waals surface area contributed by atoms with Gasteiger partial charge in [-0.05, 0) is 25.1 Å². The molecule has 0 radical (unpaired) electrons. The van der Waals surface area contributed by atoms with E-state index in [1.807, 2.05) is 49.4 Å². The summed E-state index contributed by atoms with van der Waals surface area (Å²) in [7, 11) is 0. The van der Waals surface area contributed by atoms with Crippen LogP contribution in [-0.4, -0.2) is 51.3 Å². The number of aromatic nitrogens is 5. The van der Waals surface area contributed by atoms with Crippen LogP contribution in [0, 0.1) is 6.92 Å². The van der Waals surface area contributed by atoms with E-state index in [1.165, 1.54) is 5.56 Å². The molecular formula is C22H21N7O. The lowest BCUT2D eigenvalue weighted by Gasteiger charge is -2.35. The first-order valence-corrected chi connectivity index (χ1v) is 9.90. The predicted molar refractivity (Wildman–Crippen MR) is 114 cm³/mol. The van der Waals surface area contributed by atoms with Crippen LogP contribution in [0.2, 0.25) is 0 Å². The van der Waals surface area contributed by atoms with Gasteiger partial charge in [0.2, 0.25) is 11.8 Å². The highest BCUT2D eigenvalue weighted by Crippen LogP contribution is 2.24. The molecule has 1 aromatic carbocycles. The van der Waals surface area contributed by atoms with Crippen LogP contribution in [0.4, 0.5) is 11.8 Å². The second-order valence-electron chi connectivity index (χ2n) is 7.22. The lowest BCUT2D eigenvalue weighted by atomic mass is 10.1. The molecule has 0 bridgehead atoms. The van der Waals surface area contributed by atoms with Gasteiger partial charge in [-0.15, -0.1) is 0 Å². The standard InChI is InChI=1S/C22H21N7O/c1-16-3-5-17(6-4-16)20-26-21(30-27-20)18-7-8-19(25-15-18)28-11-13-29(14-12-28)22-23-9-2-10-24-22/h2-10,15H,11-14H2,1H3. The number of nitrogens with zero attached hydrogens (tertiary/aromatic N) is 7. The second-order valence-corrected chi connectivity index (χ2v) is 7.22. The van der Waals surface area contributed by atoms with Gasteiger partial charge in [0, 0.05) is 50.3 Å². The summed E-state index contributed by atoms with van der Waals surface area (Å²) in [6, 6.07) is 13.9. The zero-order chi connectivity index (χ0) is 20.3. The summed E-state index contributed by atoms with van der Waals surface area (Å²) >= 11 is 0. The maximum absolute atomic E-state index is 5.45. The minimum absolute atomic E-state index is 0.468. The fourth-order valence-electron chi connectivity index (χ4n) is 3.45. The molecule has 1 fully saturated rings. The summed E-state index contributed by atoms with van der Waals surface area (Å²) in [5.41, 5.74) is 2.93. The molecule has 3 aromatic heterocycles. The van der Waals surface area contributed by atoms with Crippen LogP contribution >= 0.6 is 0 Å². The van der Waals surface area contributed by atoms with Crippen molar-refractivity contribution < 1.29 is 4.52 Å². The summed E-state index contributed by atoms with van der Waals surface area (Å²) in [6.45, 7) is 5.49. The summed E-state index contributed by atoms with van der Waals surface area (Å²) in [6.07, 6.45) is 5.34. The molecule has 1 saturated heterocycles. The average molecular weight is 399 g/mol. The third-order valence-corrected chi connectivity index (χ3v) is 5.17. The number of piperazine rings is 1. The molecule has 4 aromatic rings. The Morgan fingerprint density at radius 1 is 0.800 bits per heavy atom. The van der Waals surface area contributed by atoms with Crippen molar-refractivity contribution in [1.29, 1.82) is 0 Å². The van der Waals surface area contributed by atoms with E-state index < -0.39 is 0 Å². The first-order chi connectivity index (χ1) is 14.8. The van der Waals surface area contributed by atoms with E-state index >= 15 is 0 Å². The number of pyridine rings is 1.